The number of unbranched alkanes of at least 4 members (excludes halogenated alkanes) is 1. The van der Waals surface area contributed by atoms with Crippen molar-refractivity contribution in [2.45, 2.75) is 245 Å². The highest BCUT2D eigenvalue weighted by Gasteiger charge is 2.21. The Labute approximate surface area is 352 Å². The summed E-state index contributed by atoms with van der Waals surface area (Å²) in [5.41, 5.74) is -0.260. The average molecular weight is 817 g/mol. The van der Waals surface area contributed by atoms with Crippen molar-refractivity contribution in [2.75, 3.05) is 0 Å². The van der Waals surface area contributed by atoms with Crippen molar-refractivity contribution in [3.63, 3.8) is 0 Å². The Balaban J connectivity index is -0.000000138. The van der Waals surface area contributed by atoms with E-state index in [9.17, 15) is 28.8 Å². The molecule has 0 rings (SSSR count). The van der Waals surface area contributed by atoms with Crippen LogP contribution in [0.15, 0.2) is 0 Å². The third-order valence-electron chi connectivity index (χ3n) is 8.50. The minimum absolute atomic E-state index is 0.0550. The van der Waals surface area contributed by atoms with Gasteiger partial charge in [0, 0.05) is 67.3 Å². The van der Waals surface area contributed by atoms with Gasteiger partial charge in [-0.05, 0) is 92.9 Å². The monoisotopic (exact) mass is 817 g/mol. The lowest BCUT2D eigenvalue weighted by molar-refractivity contribution is -0.129. The molecule has 12 nitrogen and oxygen atoms in total. The molecule has 12 heteroatoms. The number of carbonyl (C=O) groups is 6. The first kappa shape index (κ1) is 65.7. The zero-order valence-electron chi connectivity index (χ0n) is 40.8. The lowest BCUT2D eigenvalue weighted by Crippen LogP contribution is -2.39. The Morgan fingerprint density at radius 2 is 0.842 bits per heavy atom. The fourth-order valence-electron chi connectivity index (χ4n) is 3.20. The molecule has 0 aliphatic heterocycles. The Morgan fingerprint density at radius 3 is 1.11 bits per heavy atom. The van der Waals surface area contributed by atoms with Gasteiger partial charge in [0.15, 0.2) is 0 Å². The normalized spacial score (nSPS) is 13.1. The van der Waals surface area contributed by atoms with Crippen LogP contribution < -0.4 is 31.9 Å². The number of carbonyl (C=O) groups excluding carboxylic acids is 6. The molecule has 0 heterocycles. The zero-order valence-corrected chi connectivity index (χ0v) is 40.8. The van der Waals surface area contributed by atoms with Gasteiger partial charge in [-0.3, -0.25) is 28.8 Å². The van der Waals surface area contributed by atoms with E-state index in [-0.39, 0.29) is 40.9 Å². The van der Waals surface area contributed by atoms with Crippen LogP contribution in [0.5, 0.6) is 0 Å². The molecule has 0 aromatic heterocycles. The average Bonchev–Trinajstić information content (AvgIpc) is 3.14. The van der Waals surface area contributed by atoms with Crippen LogP contribution in [0.3, 0.4) is 0 Å². The molecular formula is C45H96N6O6. The van der Waals surface area contributed by atoms with Crippen molar-refractivity contribution in [3.05, 3.63) is 0 Å². The van der Waals surface area contributed by atoms with Crippen molar-refractivity contribution in [3.8, 4) is 0 Å². The SMILES string of the molecule is CCC(C)NC(=O)C(C)(C)C.CCC(C)NC(=O)C(C)C.CCC(C)NC(C)=O.CCC(C)NC=O.CCCC(=O)NC(C)CC.CCCCC(=O)NC(C)CC. The number of hydrogen-bond donors (Lipinski definition) is 6. The highest BCUT2D eigenvalue weighted by Crippen LogP contribution is 2.13. The molecule has 0 aliphatic carbocycles. The van der Waals surface area contributed by atoms with Crippen LogP contribution in [0.1, 0.15) is 209 Å². The minimum Gasteiger partial charge on any atom is -0.356 e. The maximum absolute atomic E-state index is 11.3. The van der Waals surface area contributed by atoms with Crippen molar-refractivity contribution in [2.24, 2.45) is 11.3 Å². The first-order valence-corrected chi connectivity index (χ1v) is 22.0. The van der Waals surface area contributed by atoms with Gasteiger partial charge in [-0.25, -0.2) is 0 Å². The summed E-state index contributed by atoms with van der Waals surface area (Å²) in [7, 11) is 0. The van der Waals surface area contributed by atoms with Gasteiger partial charge in [-0.15, -0.1) is 0 Å². The summed E-state index contributed by atoms with van der Waals surface area (Å²) in [4.78, 5) is 64.3. The van der Waals surface area contributed by atoms with E-state index in [2.05, 4.69) is 66.5 Å². The molecule has 6 unspecified atom stereocenters. The fourth-order valence-corrected chi connectivity index (χ4v) is 3.20. The second-order valence-corrected chi connectivity index (χ2v) is 16.2. The summed E-state index contributed by atoms with van der Waals surface area (Å²) in [5, 5.41) is 17.0. The van der Waals surface area contributed by atoms with Crippen LogP contribution in [0.25, 0.3) is 0 Å². The second-order valence-electron chi connectivity index (χ2n) is 16.2. The van der Waals surface area contributed by atoms with Crippen molar-refractivity contribution >= 4 is 35.9 Å². The molecule has 57 heavy (non-hydrogen) atoms. The van der Waals surface area contributed by atoms with Gasteiger partial charge < -0.3 is 31.9 Å². The Hall–Kier alpha value is -3.18. The molecule has 0 saturated carbocycles. The van der Waals surface area contributed by atoms with Gasteiger partial charge in [-0.2, -0.15) is 0 Å². The number of nitrogens with one attached hydrogen (secondary N) is 6. The summed E-state index contributed by atoms with van der Waals surface area (Å²) in [6.07, 6.45) is 11.1. The molecule has 0 radical (unpaired) electrons. The third kappa shape index (κ3) is 57.2. The third-order valence-corrected chi connectivity index (χ3v) is 8.50. The Bertz CT molecular complexity index is 986. The lowest BCUT2D eigenvalue weighted by atomic mass is 9.95. The molecule has 6 N–H and O–H groups in total. The van der Waals surface area contributed by atoms with E-state index in [0.717, 1.165) is 64.2 Å². The highest BCUT2D eigenvalue weighted by molar-refractivity contribution is 5.81. The summed E-state index contributed by atoms with van der Waals surface area (Å²) < 4.78 is 0. The Kier molecular flexibility index (Phi) is 50.6. The predicted octanol–water partition coefficient (Wildman–Crippen LogP) is 8.75. The van der Waals surface area contributed by atoms with Gasteiger partial charge in [-0.1, -0.05) is 96.4 Å². The molecule has 0 spiro atoms. The van der Waals surface area contributed by atoms with E-state index >= 15 is 0 Å². The van der Waals surface area contributed by atoms with Crippen molar-refractivity contribution in [1.29, 1.82) is 0 Å². The van der Waals surface area contributed by atoms with E-state index < -0.39 is 0 Å². The number of amides is 6. The summed E-state index contributed by atoms with van der Waals surface area (Å²) >= 11 is 0. The van der Waals surface area contributed by atoms with Gasteiger partial charge in [0.25, 0.3) is 0 Å². The predicted molar refractivity (Wildman–Crippen MR) is 243 cm³/mol. The van der Waals surface area contributed by atoms with Crippen LogP contribution in [0.2, 0.25) is 0 Å². The van der Waals surface area contributed by atoms with Gasteiger partial charge in [0.1, 0.15) is 0 Å². The van der Waals surface area contributed by atoms with Crippen LogP contribution >= 0.6 is 0 Å². The van der Waals surface area contributed by atoms with Crippen LogP contribution in [-0.4, -0.2) is 72.2 Å². The van der Waals surface area contributed by atoms with Gasteiger partial charge in [0.2, 0.25) is 35.9 Å². The lowest BCUT2D eigenvalue weighted by Gasteiger charge is -2.20. The number of hydrogen-bond acceptors (Lipinski definition) is 6. The molecule has 0 saturated heterocycles. The first-order chi connectivity index (χ1) is 26.3. The second kappa shape index (κ2) is 43.9. The van der Waals surface area contributed by atoms with E-state index in [1.165, 1.54) is 6.92 Å². The first-order valence-electron chi connectivity index (χ1n) is 22.0. The smallest absolute Gasteiger partial charge is 0.225 e. The topological polar surface area (TPSA) is 175 Å². The van der Waals surface area contributed by atoms with E-state index in [0.29, 0.717) is 49.1 Å². The maximum Gasteiger partial charge on any atom is 0.225 e. The largest absolute Gasteiger partial charge is 0.356 e. The standard InChI is InChI=1S/2C9H19NO.2C8H17NO.C6H13NO.C5H11NO/c1-6-7(2)10-8(11)9(3,4)5;1-4-6-7-9(11)10-8(3)5-2;1-5-7(4)9-8(10)6(2)3;1-4-6-8(10)9-7(3)5-2;1-4-5(2)7-6(3)8;1-3-5(2)6-4-7/h7H,6H2,1-5H3,(H,10,11);8H,4-7H2,1-3H3,(H,10,11);6-7H,5H2,1-4H3,(H,9,10);7H,4-6H2,1-3H3,(H,9,10);5H,4H2,1-3H3,(H,7,8);4-5H,3H2,1-2H3,(H,6,7). The molecule has 0 bridgehead atoms. The fraction of sp³-hybridized carbons (Fsp3) is 0.867. The quantitative estimate of drug-likeness (QED) is 0.0711. The minimum atomic E-state index is -0.260. The molecule has 6 amide bonds. The van der Waals surface area contributed by atoms with E-state index in [1.807, 2.05) is 96.9 Å². The Morgan fingerprint density at radius 1 is 0.491 bits per heavy atom. The molecule has 0 aromatic rings. The van der Waals surface area contributed by atoms with Crippen molar-refractivity contribution < 1.29 is 28.8 Å². The van der Waals surface area contributed by atoms with Crippen LogP contribution in [0, 0.1) is 11.3 Å². The van der Waals surface area contributed by atoms with E-state index in [1.54, 1.807) is 0 Å². The number of rotatable bonds is 19. The molecule has 0 fully saturated rings. The van der Waals surface area contributed by atoms with Gasteiger partial charge in [0.05, 0.1) is 0 Å². The zero-order chi connectivity index (χ0) is 46.2. The van der Waals surface area contributed by atoms with Crippen LogP contribution in [-0.2, 0) is 28.8 Å². The highest BCUT2D eigenvalue weighted by atomic mass is 16.2. The van der Waals surface area contributed by atoms with Crippen molar-refractivity contribution in [1.82, 2.24) is 31.9 Å². The molecule has 6 atom stereocenters. The van der Waals surface area contributed by atoms with E-state index in [4.69, 9.17) is 0 Å². The maximum atomic E-state index is 11.3. The summed E-state index contributed by atoms with van der Waals surface area (Å²) in [6, 6.07) is 1.93. The van der Waals surface area contributed by atoms with Crippen LogP contribution in [0.4, 0.5) is 0 Å². The molecule has 0 aliphatic rings. The van der Waals surface area contributed by atoms with Gasteiger partial charge >= 0.3 is 0 Å². The molecule has 0 aromatic carbocycles. The molecule has 342 valence electrons. The summed E-state index contributed by atoms with van der Waals surface area (Å²) in [5.74, 6) is 0.813. The summed E-state index contributed by atoms with van der Waals surface area (Å²) in [6.45, 7) is 39.6. The molecular weight excluding hydrogens is 721 g/mol.